The van der Waals surface area contributed by atoms with Gasteiger partial charge in [-0.2, -0.15) is 0 Å². The van der Waals surface area contributed by atoms with Gasteiger partial charge in [0, 0.05) is 12.4 Å². The molecule has 6 heteroatoms. The molecule has 0 N–H and O–H groups in total. The molecule has 0 fully saturated rings. The molecule has 4 nitrogen and oxygen atoms in total. The molecule has 0 aliphatic carbocycles. The minimum Gasteiger partial charge on any atom is -0.280 e. The Kier molecular flexibility index (Phi) is 1.71. The van der Waals surface area contributed by atoms with Gasteiger partial charge in [-0.1, -0.05) is 11.3 Å². The molecule has 56 valence electrons. The van der Waals surface area contributed by atoms with Crippen molar-refractivity contribution < 1.29 is 0 Å². The second-order valence-corrected chi connectivity index (χ2v) is 4.04. The van der Waals surface area contributed by atoms with Crippen molar-refractivity contribution in [2.75, 3.05) is 0 Å². The molecule has 2 rings (SSSR count). The Bertz CT molecular complexity index is 341. The van der Waals surface area contributed by atoms with Crippen LogP contribution in [-0.2, 0) is 0 Å². The minimum absolute atomic E-state index is 0.779. The average molecular weight is 231 g/mol. The molecule has 0 spiro atoms. The summed E-state index contributed by atoms with van der Waals surface area (Å²) in [6.07, 6.45) is 5.22. The van der Waals surface area contributed by atoms with Crippen LogP contribution in [0.1, 0.15) is 0 Å². The molecule has 0 bridgehead atoms. The Hall–Kier alpha value is -0.750. The van der Waals surface area contributed by atoms with Gasteiger partial charge < -0.3 is 0 Å². The van der Waals surface area contributed by atoms with Gasteiger partial charge in [0.1, 0.15) is 6.33 Å². The van der Waals surface area contributed by atoms with Crippen molar-refractivity contribution in [1.82, 2.24) is 19.7 Å². The quantitative estimate of drug-likeness (QED) is 0.746. The van der Waals surface area contributed by atoms with Gasteiger partial charge in [-0.15, -0.1) is 10.2 Å². The fraction of sp³-hybridized carbons (Fsp3) is 0. The molecule has 0 saturated carbocycles. The number of rotatable bonds is 1. The third-order valence-corrected chi connectivity index (χ3v) is 2.48. The molecule has 0 unspecified atom stereocenters. The van der Waals surface area contributed by atoms with Crippen LogP contribution in [0.5, 0.6) is 0 Å². The third kappa shape index (κ3) is 1.31. The van der Waals surface area contributed by atoms with Crippen LogP contribution in [0, 0.1) is 0 Å². The third-order valence-electron chi connectivity index (χ3n) is 1.11. The minimum atomic E-state index is 0.779. The molecule has 2 heterocycles. The number of hydrogen-bond acceptors (Lipinski definition) is 4. The first-order chi connectivity index (χ1) is 5.36. The molecule has 11 heavy (non-hydrogen) atoms. The Balaban J connectivity index is 2.45. The van der Waals surface area contributed by atoms with Crippen molar-refractivity contribution in [3.63, 3.8) is 0 Å². The highest BCUT2D eigenvalue weighted by atomic mass is 79.9. The molecule has 0 atom stereocenters. The number of imidazole rings is 1. The lowest BCUT2D eigenvalue weighted by Crippen LogP contribution is -1.87. The fourth-order valence-electron chi connectivity index (χ4n) is 0.675. The summed E-state index contributed by atoms with van der Waals surface area (Å²) in [6.45, 7) is 0. The van der Waals surface area contributed by atoms with E-state index in [1.54, 1.807) is 12.5 Å². The van der Waals surface area contributed by atoms with Crippen LogP contribution in [0.15, 0.2) is 22.6 Å². The van der Waals surface area contributed by atoms with Gasteiger partial charge in [-0.05, 0) is 15.9 Å². The summed E-state index contributed by atoms with van der Waals surface area (Å²) in [6, 6.07) is 0. The molecule has 0 aliphatic heterocycles. The molecule has 0 aliphatic rings. The van der Waals surface area contributed by atoms with Crippen LogP contribution in [-0.4, -0.2) is 19.7 Å². The van der Waals surface area contributed by atoms with E-state index in [1.807, 2.05) is 10.8 Å². The Morgan fingerprint density at radius 3 is 2.91 bits per heavy atom. The van der Waals surface area contributed by atoms with Crippen molar-refractivity contribution in [1.29, 1.82) is 0 Å². The smallest absolute Gasteiger partial charge is 0.218 e. The molecular formula is C5H3BrN4S. The molecule has 0 aromatic carbocycles. The number of halogens is 1. The number of hydrogen-bond donors (Lipinski definition) is 0. The first-order valence-electron chi connectivity index (χ1n) is 2.83. The van der Waals surface area contributed by atoms with Crippen LogP contribution in [0.3, 0.4) is 0 Å². The van der Waals surface area contributed by atoms with Gasteiger partial charge in [-0.25, -0.2) is 4.98 Å². The second-order valence-electron chi connectivity index (χ2n) is 1.81. The summed E-state index contributed by atoms with van der Waals surface area (Å²) in [4.78, 5) is 3.89. The van der Waals surface area contributed by atoms with Gasteiger partial charge in [-0.3, -0.25) is 4.57 Å². The van der Waals surface area contributed by atoms with Crippen molar-refractivity contribution >= 4 is 27.3 Å². The molecule has 2 aromatic heterocycles. The average Bonchev–Trinajstić information content (AvgIpc) is 2.55. The second kappa shape index (κ2) is 2.71. The topological polar surface area (TPSA) is 43.6 Å². The predicted octanol–water partition coefficient (Wildman–Crippen LogP) is 1.49. The van der Waals surface area contributed by atoms with E-state index in [0.29, 0.717) is 0 Å². The van der Waals surface area contributed by atoms with Crippen molar-refractivity contribution in [3.8, 4) is 5.13 Å². The Morgan fingerprint density at radius 2 is 2.36 bits per heavy atom. The van der Waals surface area contributed by atoms with Crippen molar-refractivity contribution in [2.24, 2.45) is 0 Å². The highest BCUT2D eigenvalue weighted by Gasteiger charge is 2.01. The van der Waals surface area contributed by atoms with E-state index in [-0.39, 0.29) is 0 Å². The lowest BCUT2D eigenvalue weighted by Gasteiger charge is -1.88. The van der Waals surface area contributed by atoms with E-state index in [0.717, 1.165) is 9.05 Å². The van der Waals surface area contributed by atoms with Gasteiger partial charge in [0.2, 0.25) is 5.13 Å². The van der Waals surface area contributed by atoms with Crippen molar-refractivity contribution in [2.45, 2.75) is 0 Å². The highest BCUT2D eigenvalue weighted by Crippen LogP contribution is 2.18. The van der Waals surface area contributed by atoms with Gasteiger partial charge >= 0.3 is 0 Å². The maximum atomic E-state index is 3.90. The van der Waals surface area contributed by atoms with Crippen molar-refractivity contribution in [3.05, 3.63) is 22.6 Å². The summed E-state index contributed by atoms with van der Waals surface area (Å²) >= 11 is 4.69. The van der Waals surface area contributed by atoms with Gasteiger partial charge in [0.25, 0.3) is 0 Å². The summed E-state index contributed by atoms with van der Waals surface area (Å²) in [5.74, 6) is 0. The van der Waals surface area contributed by atoms with E-state index >= 15 is 0 Å². The lowest BCUT2D eigenvalue weighted by atomic mass is 10.9. The summed E-state index contributed by atoms with van der Waals surface area (Å²) in [7, 11) is 0. The predicted molar refractivity (Wildman–Crippen MR) is 44.7 cm³/mol. The highest BCUT2D eigenvalue weighted by molar-refractivity contribution is 9.11. The summed E-state index contributed by atoms with van der Waals surface area (Å²) in [5.41, 5.74) is 0. The zero-order valence-electron chi connectivity index (χ0n) is 5.31. The lowest BCUT2D eigenvalue weighted by molar-refractivity contribution is 0.958. The molecule has 2 aromatic rings. The molecule has 0 amide bonds. The van der Waals surface area contributed by atoms with Gasteiger partial charge in [0.05, 0.1) is 0 Å². The standard InChI is InChI=1S/C5H3BrN4S/c6-4-8-9-5(11-4)10-2-1-7-3-10/h1-3H. The molecule has 0 saturated heterocycles. The van der Waals surface area contributed by atoms with Crippen LogP contribution < -0.4 is 0 Å². The maximum absolute atomic E-state index is 3.90. The summed E-state index contributed by atoms with van der Waals surface area (Å²) < 4.78 is 2.59. The van der Waals surface area contributed by atoms with Crippen LogP contribution in [0.2, 0.25) is 0 Å². The van der Waals surface area contributed by atoms with E-state index in [2.05, 4.69) is 31.1 Å². The zero-order chi connectivity index (χ0) is 7.68. The van der Waals surface area contributed by atoms with Crippen LogP contribution >= 0.6 is 27.3 Å². The Labute approximate surface area is 75.0 Å². The largest absolute Gasteiger partial charge is 0.280 e. The first kappa shape index (κ1) is 6.93. The van der Waals surface area contributed by atoms with Crippen LogP contribution in [0.4, 0.5) is 0 Å². The van der Waals surface area contributed by atoms with Crippen LogP contribution in [0.25, 0.3) is 5.13 Å². The normalized spacial score (nSPS) is 10.3. The van der Waals surface area contributed by atoms with E-state index < -0.39 is 0 Å². The number of aromatic nitrogens is 4. The van der Waals surface area contributed by atoms with Gasteiger partial charge in [0.15, 0.2) is 3.92 Å². The SMILES string of the molecule is Brc1nnc(-n2ccnc2)s1. The van der Waals surface area contributed by atoms with E-state index in [4.69, 9.17) is 0 Å². The summed E-state index contributed by atoms with van der Waals surface area (Å²) in [5, 5.41) is 8.53. The van der Waals surface area contributed by atoms with E-state index in [1.165, 1.54) is 11.3 Å². The first-order valence-corrected chi connectivity index (χ1v) is 4.44. The number of nitrogens with zero attached hydrogens (tertiary/aromatic N) is 4. The van der Waals surface area contributed by atoms with E-state index in [9.17, 15) is 0 Å². The zero-order valence-corrected chi connectivity index (χ0v) is 7.71. The monoisotopic (exact) mass is 230 g/mol. The molecule has 0 radical (unpaired) electrons. The molecular weight excluding hydrogens is 228 g/mol. The maximum Gasteiger partial charge on any atom is 0.218 e. The fourth-order valence-corrected chi connectivity index (χ4v) is 1.72. The Morgan fingerprint density at radius 1 is 1.45 bits per heavy atom.